The molecule has 1 atom stereocenters. The summed E-state index contributed by atoms with van der Waals surface area (Å²) in [6.45, 7) is 6.13. The summed E-state index contributed by atoms with van der Waals surface area (Å²) in [6, 6.07) is 10.2. The van der Waals surface area contributed by atoms with Gasteiger partial charge in [-0.25, -0.2) is 4.79 Å². The van der Waals surface area contributed by atoms with Crippen LogP contribution < -0.4 is 10.2 Å². The van der Waals surface area contributed by atoms with Gasteiger partial charge >= 0.3 is 5.97 Å². The molecule has 0 aliphatic carbocycles. The number of anilines is 2. The second-order valence-corrected chi connectivity index (χ2v) is 6.69. The van der Waals surface area contributed by atoms with Crippen molar-refractivity contribution in [2.75, 3.05) is 29.9 Å². The molecular weight excluding hydrogens is 344 g/mol. The van der Waals surface area contributed by atoms with E-state index in [0.29, 0.717) is 17.2 Å². The highest BCUT2D eigenvalue weighted by Gasteiger charge is 2.19. The predicted octanol–water partition coefficient (Wildman–Crippen LogP) is 3.14. The van der Waals surface area contributed by atoms with Gasteiger partial charge in [0.2, 0.25) is 0 Å². The summed E-state index contributed by atoms with van der Waals surface area (Å²) in [5.41, 5.74) is 0.888. The van der Waals surface area contributed by atoms with Crippen molar-refractivity contribution in [3.8, 4) is 0 Å². The lowest BCUT2D eigenvalue weighted by Crippen LogP contribution is -2.35. The van der Waals surface area contributed by atoms with Crippen LogP contribution in [0.3, 0.4) is 0 Å². The predicted molar refractivity (Wildman–Crippen MR) is 103 cm³/mol. The molecule has 142 valence electrons. The number of amides is 1. The molecule has 1 unspecified atom stereocenters. The molecule has 1 aromatic carbocycles. The molecule has 2 heterocycles. The number of ether oxygens (including phenoxy) is 1. The van der Waals surface area contributed by atoms with Crippen molar-refractivity contribution in [1.82, 2.24) is 10.2 Å². The molecule has 27 heavy (non-hydrogen) atoms. The highest BCUT2D eigenvalue weighted by molar-refractivity contribution is 6.07. The van der Waals surface area contributed by atoms with E-state index in [1.54, 1.807) is 37.3 Å². The average molecular weight is 368 g/mol. The first-order chi connectivity index (χ1) is 13.1. The molecule has 7 nitrogen and oxygen atoms in total. The molecule has 1 amide bonds. The normalized spacial score (nSPS) is 16.7. The molecule has 1 fully saturated rings. The van der Waals surface area contributed by atoms with E-state index in [1.165, 1.54) is 6.42 Å². The third kappa shape index (κ3) is 4.61. The minimum Gasteiger partial charge on any atom is -0.462 e. The van der Waals surface area contributed by atoms with Crippen molar-refractivity contribution in [3.05, 3.63) is 47.7 Å². The van der Waals surface area contributed by atoms with E-state index in [0.717, 1.165) is 25.3 Å². The zero-order chi connectivity index (χ0) is 19.2. The monoisotopic (exact) mass is 368 g/mol. The number of benzene rings is 1. The van der Waals surface area contributed by atoms with Crippen LogP contribution in [0.15, 0.2) is 36.4 Å². The van der Waals surface area contributed by atoms with Gasteiger partial charge in [-0.1, -0.05) is 19.1 Å². The fourth-order valence-corrected chi connectivity index (χ4v) is 3.18. The van der Waals surface area contributed by atoms with Crippen molar-refractivity contribution in [2.24, 2.45) is 5.92 Å². The zero-order valence-corrected chi connectivity index (χ0v) is 15.6. The summed E-state index contributed by atoms with van der Waals surface area (Å²) in [5.74, 6) is 0.514. The molecule has 3 rings (SSSR count). The molecule has 0 radical (unpaired) electrons. The van der Waals surface area contributed by atoms with Gasteiger partial charge in [0.15, 0.2) is 11.5 Å². The highest BCUT2D eigenvalue weighted by atomic mass is 16.5. The van der Waals surface area contributed by atoms with E-state index in [9.17, 15) is 9.59 Å². The Kier molecular flexibility index (Phi) is 6.01. The van der Waals surface area contributed by atoms with Gasteiger partial charge in [0.05, 0.1) is 17.9 Å². The Morgan fingerprint density at radius 1 is 1.22 bits per heavy atom. The lowest BCUT2D eigenvalue weighted by molar-refractivity contribution is 0.0527. The Morgan fingerprint density at radius 3 is 2.74 bits per heavy atom. The Hall–Kier alpha value is -2.96. The van der Waals surface area contributed by atoms with Crippen molar-refractivity contribution >= 4 is 23.4 Å². The lowest BCUT2D eigenvalue weighted by Gasteiger charge is -2.31. The topological polar surface area (TPSA) is 84.4 Å². The summed E-state index contributed by atoms with van der Waals surface area (Å²) in [5, 5.41) is 11.0. The standard InChI is InChI=1S/C20H24N4O3/c1-3-27-20(26)15-8-4-5-9-16(15)21-19(25)17-10-11-18(23-22-17)24-12-6-7-14(2)13-24/h4-5,8-11,14H,3,6-7,12-13H2,1-2H3,(H,21,25). The number of piperidine rings is 1. The van der Waals surface area contributed by atoms with Gasteiger partial charge in [-0.2, -0.15) is 0 Å². The molecule has 1 aromatic heterocycles. The first-order valence-corrected chi connectivity index (χ1v) is 9.24. The number of esters is 1. The van der Waals surface area contributed by atoms with Crippen molar-refractivity contribution in [1.29, 1.82) is 0 Å². The maximum Gasteiger partial charge on any atom is 0.340 e. The van der Waals surface area contributed by atoms with Crippen LogP contribution in [-0.2, 0) is 4.74 Å². The number of carbonyl (C=O) groups excluding carboxylic acids is 2. The molecule has 7 heteroatoms. The lowest BCUT2D eigenvalue weighted by atomic mass is 10.0. The quantitative estimate of drug-likeness (QED) is 0.816. The van der Waals surface area contributed by atoms with Crippen LogP contribution in [0.4, 0.5) is 11.5 Å². The van der Waals surface area contributed by atoms with Gasteiger partial charge in [-0.15, -0.1) is 10.2 Å². The van der Waals surface area contributed by atoms with E-state index in [-0.39, 0.29) is 12.3 Å². The molecule has 1 aliphatic rings. The van der Waals surface area contributed by atoms with Crippen LogP contribution >= 0.6 is 0 Å². The van der Waals surface area contributed by atoms with Gasteiger partial charge in [0.1, 0.15) is 0 Å². The van der Waals surface area contributed by atoms with Crippen molar-refractivity contribution in [2.45, 2.75) is 26.7 Å². The molecular formula is C20H24N4O3. The number of aromatic nitrogens is 2. The maximum absolute atomic E-state index is 12.5. The minimum atomic E-state index is -0.478. The van der Waals surface area contributed by atoms with Gasteiger partial charge in [-0.3, -0.25) is 4.79 Å². The number of nitrogens with one attached hydrogen (secondary N) is 1. The fourth-order valence-electron chi connectivity index (χ4n) is 3.18. The van der Waals surface area contributed by atoms with E-state index in [1.807, 2.05) is 6.07 Å². The SMILES string of the molecule is CCOC(=O)c1ccccc1NC(=O)c1ccc(N2CCCC(C)C2)nn1. The second kappa shape index (κ2) is 8.62. The van der Waals surface area contributed by atoms with Crippen molar-refractivity contribution in [3.63, 3.8) is 0 Å². The number of hydrogen-bond donors (Lipinski definition) is 1. The Bertz CT molecular complexity index is 807. The van der Waals surface area contributed by atoms with Gasteiger partial charge in [0, 0.05) is 13.1 Å². The largest absolute Gasteiger partial charge is 0.462 e. The van der Waals surface area contributed by atoms with Crippen LogP contribution in [0.5, 0.6) is 0 Å². The Labute approximate surface area is 158 Å². The number of carbonyl (C=O) groups is 2. The maximum atomic E-state index is 12.5. The Morgan fingerprint density at radius 2 is 2.04 bits per heavy atom. The van der Waals surface area contributed by atoms with Crippen LogP contribution in [0, 0.1) is 5.92 Å². The smallest absolute Gasteiger partial charge is 0.340 e. The third-order valence-electron chi connectivity index (χ3n) is 4.53. The summed E-state index contributed by atoms with van der Waals surface area (Å²) in [4.78, 5) is 26.7. The summed E-state index contributed by atoms with van der Waals surface area (Å²) >= 11 is 0. The van der Waals surface area contributed by atoms with Gasteiger partial charge in [0.25, 0.3) is 5.91 Å². The molecule has 0 bridgehead atoms. The fraction of sp³-hybridized carbons (Fsp3) is 0.400. The minimum absolute atomic E-state index is 0.197. The molecule has 1 N–H and O–H groups in total. The van der Waals surface area contributed by atoms with Gasteiger partial charge < -0.3 is 15.0 Å². The number of rotatable bonds is 5. The number of nitrogens with zero attached hydrogens (tertiary/aromatic N) is 3. The van der Waals surface area contributed by atoms with Crippen LogP contribution in [0.1, 0.15) is 47.5 Å². The second-order valence-electron chi connectivity index (χ2n) is 6.69. The highest BCUT2D eigenvalue weighted by Crippen LogP contribution is 2.21. The molecule has 1 saturated heterocycles. The zero-order valence-electron chi connectivity index (χ0n) is 15.6. The number of hydrogen-bond acceptors (Lipinski definition) is 6. The van der Waals surface area contributed by atoms with E-state index >= 15 is 0 Å². The molecule has 0 spiro atoms. The van der Waals surface area contributed by atoms with E-state index in [4.69, 9.17) is 4.74 Å². The van der Waals surface area contributed by atoms with Crippen LogP contribution in [-0.4, -0.2) is 41.8 Å². The van der Waals surface area contributed by atoms with Gasteiger partial charge in [-0.05, 0) is 49.9 Å². The van der Waals surface area contributed by atoms with E-state index in [2.05, 4.69) is 27.3 Å². The first-order valence-electron chi connectivity index (χ1n) is 9.24. The first kappa shape index (κ1) is 18.8. The average Bonchev–Trinajstić information content (AvgIpc) is 2.68. The summed E-state index contributed by atoms with van der Waals surface area (Å²) in [7, 11) is 0. The number of para-hydroxylation sites is 1. The molecule has 1 aliphatic heterocycles. The van der Waals surface area contributed by atoms with Crippen molar-refractivity contribution < 1.29 is 14.3 Å². The Balaban J connectivity index is 1.71. The molecule has 2 aromatic rings. The van der Waals surface area contributed by atoms with Crippen LogP contribution in [0.25, 0.3) is 0 Å². The summed E-state index contributed by atoms with van der Waals surface area (Å²) < 4.78 is 5.02. The third-order valence-corrected chi connectivity index (χ3v) is 4.53. The van der Waals surface area contributed by atoms with Crippen LogP contribution in [0.2, 0.25) is 0 Å². The molecule has 0 saturated carbocycles. The summed E-state index contributed by atoms with van der Waals surface area (Å²) in [6.07, 6.45) is 2.36. The van der Waals surface area contributed by atoms with E-state index < -0.39 is 11.9 Å².